The number of hydrogen-bond donors (Lipinski definition) is 1. The van der Waals surface area contributed by atoms with Crippen LogP contribution in [0.2, 0.25) is 0 Å². The van der Waals surface area contributed by atoms with Gasteiger partial charge in [-0.2, -0.15) is 18.3 Å². The van der Waals surface area contributed by atoms with Gasteiger partial charge in [0.25, 0.3) is 5.91 Å². The zero-order valence-electron chi connectivity index (χ0n) is 19.0. The number of anilines is 1. The summed E-state index contributed by atoms with van der Waals surface area (Å²) in [4.78, 5) is 19.7. The zero-order valence-corrected chi connectivity index (χ0v) is 19.0. The number of piperidine rings is 2. The minimum absolute atomic E-state index is 0.110. The first kappa shape index (κ1) is 22.4. The Morgan fingerprint density at radius 2 is 1.88 bits per heavy atom. The zero-order chi connectivity index (χ0) is 24.0. The van der Waals surface area contributed by atoms with Crippen molar-refractivity contribution in [3.63, 3.8) is 0 Å². The minimum atomic E-state index is -4.42. The van der Waals surface area contributed by atoms with E-state index in [1.165, 1.54) is 6.07 Å². The number of aromatic nitrogens is 3. The fourth-order valence-electron chi connectivity index (χ4n) is 5.20. The number of hydrogen-bond acceptors (Lipinski definition) is 4. The Balaban J connectivity index is 1.39. The lowest BCUT2D eigenvalue weighted by Gasteiger charge is -2.57. The number of aryl methyl sites for hydroxylation is 1. The summed E-state index contributed by atoms with van der Waals surface area (Å²) in [6.07, 6.45) is 0.198. The molecule has 0 spiro atoms. The van der Waals surface area contributed by atoms with E-state index in [9.17, 15) is 18.0 Å². The molecule has 2 bridgehead atoms. The Kier molecular flexibility index (Phi) is 5.58. The second-order valence-corrected chi connectivity index (χ2v) is 9.27. The quantitative estimate of drug-likeness (QED) is 0.580. The smallest absolute Gasteiger partial charge is 0.368 e. The van der Waals surface area contributed by atoms with Gasteiger partial charge in [-0.25, -0.2) is 4.98 Å². The number of nitrogens with zero attached hydrogens (tertiary/aromatic N) is 4. The predicted octanol–water partition coefficient (Wildman–Crippen LogP) is 4.85. The van der Waals surface area contributed by atoms with E-state index in [2.05, 4.69) is 22.3 Å². The fraction of sp³-hybridized carbons (Fsp3) is 0.400. The first-order chi connectivity index (χ1) is 16.2. The number of amides is 1. The third-order valence-corrected chi connectivity index (χ3v) is 7.18. The van der Waals surface area contributed by atoms with Crippen molar-refractivity contribution in [3.05, 3.63) is 66.1 Å². The lowest BCUT2D eigenvalue weighted by Crippen LogP contribution is -2.64. The average Bonchev–Trinajstić information content (AvgIpc) is 3.18. The highest BCUT2D eigenvalue weighted by atomic mass is 19.4. The molecule has 2 aromatic heterocycles. The molecule has 3 fully saturated rings. The van der Waals surface area contributed by atoms with Crippen LogP contribution >= 0.6 is 0 Å². The molecule has 2 atom stereocenters. The van der Waals surface area contributed by atoms with Crippen LogP contribution in [-0.4, -0.2) is 44.2 Å². The summed E-state index contributed by atoms with van der Waals surface area (Å²) >= 11 is 0. The van der Waals surface area contributed by atoms with Gasteiger partial charge >= 0.3 is 6.18 Å². The average molecular weight is 470 g/mol. The van der Waals surface area contributed by atoms with E-state index < -0.39 is 11.7 Å². The van der Waals surface area contributed by atoms with Gasteiger partial charge < -0.3 is 10.2 Å². The van der Waals surface area contributed by atoms with E-state index >= 15 is 0 Å². The standard InChI is InChI=1S/C25H26F3N5O/c1-15-17-10-19(11-17)33(21(15)13-30-22-9-8-18(12-29-22)25(26,27)28)24(34)23-20(14-32(2)31-23)16-6-4-3-5-7-16/h3-9,12,14-15,17,19,21H,10-11,13H2,1-2H3,(H,29,30)/t15-,17?,19?,21?/m1/s1. The molecule has 2 saturated heterocycles. The molecule has 178 valence electrons. The highest BCUT2D eigenvalue weighted by Gasteiger charge is 2.51. The molecule has 2 aliphatic heterocycles. The molecule has 1 saturated carbocycles. The van der Waals surface area contributed by atoms with Gasteiger partial charge in [-0.15, -0.1) is 0 Å². The Morgan fingerprint density at radius 3 is 2.53 bits per heavy atom. The van der Waals surface area contributed by atoms with Crippen LogP contribution in [-0.2, 0) is 13.2 Å². The van der Waals surface area contributed by atoms with Gasteiger partial charge in [0.15, 0.2) is 5.69 Å². The Bertz CT molecular complexity index is 1170. The van der Waals surface area contributed by atoms with Crippen molar-refractivity contribution in [1.29, 1.82) is 0 Å². The predicted molar refractivity (Wildman–Crippen MR) is 122 cm³/mol. The van der Waals surface area contributed by atoms with Crippen molar-refractivity contribution >= 4 is 11.7 Å². The maximum Gasteiger partial charge on any atom is 0.417 e. The van der Waals surface area contributed by atoms with Crippen LogP contribution in [0.25, 0.3) is 11.1 Å². The summed E-state index contributed by atoms with van der Waals surface area (Å²) in [5.74, 6) is 1.04. The number of carbonyl (C=O) groups excluding carboxylic acids is 1. The Hall–Kier alpha value is -3.36. The molecule has 4 heterocycles. The van der Waals surface area contributed by atoms with Crippen molar-refractivity contribution in [1.82, 2.24) is 19.7 Å². The highest BCUT2D eigenvalue weighted by molar-refractivity contribution is 5.99. The molecular formula is C25H26F3N5O. The van der Waals surface area contributed by atoms with Gasteiger partial charge in [0.05, 0.1) is 11.6 Å². The first-order valence-corrected chi connectivity index (χ1v) is 11.4. The van der Waals surface area contributed by atoms with Gasteiger partial charge in [-0.3, -0.25) is 9.48 Å². The number of carbonyl (C=O) groups is 1. The number of nitrogens with one attached hydrogen (secondary N) is 1. The molecule has 3 aliphatic rings. The largest absolute Gasteiger partial charge is 0.417 e. The fourth-order valence-corrected chi connectivity index (χ4v) is 5.20. The summed E-state index contributed by atoms with van der Waals surface area (Å²) in [6, 6.07) is 12.1. The third kappa shape index (κ3) is 4.03. The van der Waals surface area contributed by atoms with Crippen LogP contribution in [0, 0.1) is 11.8 Å². The first-order valence-electron chi connectivity index (χ1n) is 11.4. The van der Waals surface area contributed by atoms with Gasteiger partial charge in [0.1, 0.15) is 5.82 Å². The van der Waals surface area contributed by atoms with Gasteiger partial charge in [-0.1, -0.05) is 37.3 Å². The summed E-state index contributed by atoms with van der Waals surface area (Å²) in [6.45, 7) is 2.55. The van der Waals surface area contributed by atoms with Crippen LogP contribution in [0.1, 0.15) is 35.8 Å². The van der Waals surface area contributed by atoms with E-state index in [1.807, 2.05) is 41.4 Å². The number of fused-ring (bicyclic) bond motifs is 2. The van der Waals surface area contributed by atoms with E-state index in [0.29, 0.717) is 24.0 Å². The molecule has 3 aromatic rings. The lowest BCUT2D eigenvalue weighted by atomic mass is 9.64. The molecule has 6 rings (SSSR count). The van der Waals surface area contributed by atoms with Crippen LogP contribution in [0.4, 0.5) is 19.0 Å². The topological polar surface area (TPSA) is 63.1 Å². The van der Waals surface area contributed by atoms with Crippen molar-refractivity contribution in [2.45, 2.75) is 38.0 Å². The van der Waals surface area contributed by atoms with Gasteiger partial charge in [0, 0.05) is 37.6 Å². The van der Waals surface area contributed by atoms with Gasteiger partial charge in [-0.05, 0) is 42.4 Å². The van der Waals surface area contributed by atoms with Crippen molar-refractivity contribution in [3.8, 4) is 11.1 Å². The summed E-state index contributed by atoms with van der Waals surface area (Å²) < 4.78 is 40.2. The molecule has 34 heavy (non-hydrogen) atoms. The lowest BCUT2D eigenvalue weighted by molar-refractivity contribution is -0.137. The molecule has 1 N–H and O–H groups in total. The number of pyridine rings is 1. The molecule has 1 aromatic carbocycles. The van der Waals surface area contributed by atoms with E-state index in [4.69, 9.17) is 0 Å². The SMILES string of the molecule is C[C@@H]1C2CC(C2)N(C(=O)c2nn(C)cc2-c2ccccc2)C1CNc1ccc(C(F)(F)F)cn1. The molecule has 1 amide bonds. The van der Waals surface area contributed by atoms with Gasteiger partial charge in [0.2, 0.25) is 0 Å². The van der Waals surface area contributed by atoms with Crippen LogP contribution in [0.3, 0.4) is 0 Å². The van der Waals surface area contributed by atoms with Crippen LogP contribution in [0.5, 0.6) is 0 Å². The molecular weight excluding hydrogens is 443 g/mol. The summed E-state index contributed by atoms with van der Waals surface area (Å²) in [7, 11) is 1.80. The van der Waals surface area contributed by atoms with Crippen molar-refractivity contribution in [2.24, 2.45) is 18.9 Å². The third-order valence-electron chi connectivity index (χ3n) is 7.18. The summed E-state index contributed by atoms with van der Waals surface area (Å²) in [5.41, 5.74) is 1.35. The molecule has 1 unspecified atom stereocenters. The van der Waals surface area contributed by atoms with E-state index in [1.54, 1.807) is 11.7 Å². The van der Waals surface area contributed by atoms with Crippen LogP contribution < -0.4 is 5.32 Å². The van der Waals surface area contributed by atoms with Crippen molar-refractivity contribution in [2.75, 3.05) is 11.9 Å². The second-order valence-electron chi connectivity index (χ2n) is 9.27. The number of rotatable bonds is 5. The number of halogens is 3. The normalized spacial score (nSPS) is 24.0. The van der Waals surface area contributed by atoms with Crippen LogP contribution in [0.15, 0.2) is 54.9 Å². The maximum absolute atomic E-state index is 13.8. The number of benzene rings is 1. The van der Waals surface area contributed by atoms with Crippen molar-refractivity contribution < 1.29 is 18.0 Å². The summed E-state index contributed by atoms with van der Waals surface area (Å²) in [5, 5.41) is 7.66. The molecule has 6 nitrogen and oxygen atoms in total. The highest BCUT2D eigenvalue weighted by Crippen LogP contribution is 2.47. The number of alkyl halides is 3. The molecule has 1 aliphatic carbocycles. The van der Waals surface area contributed by atoms with E-state index in [0.717, 1.165) is 36.2 Å². The Morgan fingerprint density at radius 1 is 1.15 bits per heavy atom. The molecule has 0 radical (unpaired) electrons. The second kappa shape index (κ2) is 8.45. The van der Waals surface area contributed by atoms with E-state index in [-0.39, 0.29) is 23.9 Å². The Labute approximate surface area is 195 Å². The monoisotopic (exact) mass is 469 g/mol. The maximum atomic E-state index is 13.8. The minimum Gasteiger partial charge on any atom is -0.368 e. The molecule has 9 heteroatoms.